The first-order chi connectivity index (χ1) is 13.9. The molecule has 0 aromatic carbocycles. The summed E-state index contributed by atoms with van der Waals surface area (Å²) in [5.41, 5.74) is -6.44. The number of rotatable bonds is 5. The Morgan fingerprint density at radius 2 is 1.06 bits per heavy atom. The first-order valence-corrected chi connectivity index (χ1v) is 9.65. The number of hydrogen-bond donors (Lipinski definition) is 1. The van der Waals surface area contributed by atoms with Crippen molar-refractivity contribution in [3.05, 3.63) is 0 Å². The Balaban J connectivity index is 4.00. The minimum Gasteiger partial charge on any atom is -0.320 e. The zero-order chi connectivity index (χ0) is 27.1. The van der Waals surface area contributed by atoms with E-state index in [1.165, 1.54) is 0 Å². The minimum absolute atomic E-state index is 0.255. The van der Waals surface area contributed by atoms with Crippen LogP contribution in [0.4, 0.5) is 43.9 Å². The molecule has 1 heterocycles. The highest BCUT2D eigenvalue weighted by atomic mass is 19.4. The summed E-state index contributed by atoms with van der Waals surface area (Å²) in [6.07, 6.45) is -11.0. The first kappa shape index (κ1) is 30.2. The summed E-state index contributed by atoms with van der Waals surface area (Å²) in [5.74, 6) is -19.2. The molecule has 33 heavy (non-hydrogen) atoms. The van der Waals surface area contributed by atoms with E-state index >= 15 is 13.2 Å². The fraction of sp³-hybridized carbons (Fsp3) is 1.00. The van der Waals surface area contributed by atoms with Crippen molar-refractivity contribution in [2.75, 3.05) is 0 Å². The highest BCUT2D eigenvalue weighted by molar-refractivity contribution is 5.21. The first-order valence-electron chi connectivity index (χ1n) is 9.65. The lowest BCUT2D eigenvalue weighted by molar-refractivity contribution is -0.477. The van der Waals surface area contributed by atoms with Gasteiger partial charge >= 0.3 is 24.5 Å². The number of ether oxygens (including phenoxy) is 3. The van der Waals surface area contributed by atoms with Crippen LogP contribution in [0.2, 0.25) is 0 Å². The van der Waals surface area contributed by atoms with Gasteiger partial charge in [0.1, 0.15) is 0 Å². The molecule has 0 aliphatic carbocycles. The highest BCUT2D eigenvalue weighted by Gasteiger charge is 2.87. The second kappa shape index (κ2) is 7.33. The Bertz CT molecular complexity index is 752. The summed E-state index contributed by atoms with van der Waals surface area (Å²) in [7, 11) is 0. The van der Waals surface area contributed by atoms with Gasteiger partial charge in [0.25, 0.3) is 11.6 Å². The van der Waals surface area contributed by atoms with Gasteiger partial charge in [0, 0.05) is 10.8 Å². The Kier molecular flexibility index (Phi) is 6.70. The van der Waals surface area contributed by atoms with Gasteiger partial charge in [0.2, 0.25) is 0 Å². The van der Waals surface area contributed by atoms with Gasteiger partial charge in [0.15, 0.2) is 0 Å². The highest BCUT2D eigenvalue weighted by Crippen LogP contribution is 2.66. The average Bonchev–Trinajstić information content (AvgIpc) is 2.70. The lowest BCUT2D eigenvalue weighted by atomic mass is 9.58. The largest absolute Gasteiger partial charge is 0.525 e. The Labute approximate surface area is 185 Å². The fourth-order valence-corrected chi connectivity index (χ4v) is 3.56. The minimum atomic E-state index is -5.87. The third-order valence-corrected chi connectivity index (χ3v) is 6.28. The second-order valence-electron chi connectivity index (χ2n) is 10.9. The lowest BCUT2D eigenvalue weighted by Gasteiger charge is -2.57. The SMILES string of the molecule is CC(C)(C)C(F)(F)C(F)(F)C(C)(C)C(C)(N)C1(F)OC(F)(F)OC1(OC(F)(F)F)C(C)(C)C. The molecule has 1 saturated heterocycles. The lowest BCUT2D eigenvalue weighted by Crippen LogP contribution is -2.80. The van der Waals surface area contributed by atoms with Crippen molar-refractivity contribution in [2.45, 2.75) is 104 Å². The Morgan fingerprint density at radius 3 is 1.36 bits per heavy atom. The molecule has 1 aliphatic rings. The van der Waals surface area contributed by atoms with Gasteiger partial charge in [0.05, 0.1) is 11.0 Å². The molecule has 3 unspecified atom stereocenters. The molecule has 198 valence electrons. The third kappa shape index (κ3) is 4.12. The molecular weight excluding hydrogens is 480 g/mol. The summed E-state index contributed by atoms with van der Waals surface area (Å²) in [5, 5.41) is 0. The van der Waals surface area contributed by atoms with E-state index in [1.807, 2.05) is 0 Å². The predicted octanol–water partition coefficient (Wildman–Crippen LogP) is 6.59. The van der Waals surface area contributed by atoms with Crippen LogP contribution in [0.3, 0.4) is 0 Å². The maximum Gasteiger partial charge on any atom is 0.525 e. The molecule has 0 bridgehead atoms. The number of nitrogens with two attached hydrogens (primary N) is 1. The molecule has 1 rings (SSSR count). The van der Waals surface area contributed by atoms with Gasteiger partial charge in [-0.25, -0.2) is 4.39 Å². The smallest absolute Gasteiger partial charge is 0.320 e. The zero-order valence-electron chi connectivity index (χ0n) is 19.6. The van der Waals surface area contributed by atoms with Crippen LogP contribution in [0.5, 0.6) is 0 Å². The molecule has 0 radical (unpaired) electrons. The van der Waals surface area contributed by atoms with Crippen molar-refractivity contribution < 1.29 is 58.1 Å². The molecule has 1 aliphatic heterocycles. The molecular formula is C19H29F10NO3. The summed E-state index contributed by atoms with van der Waals surface area (Å²) in [6.45, 7) is 5.30. The van der Waals surface area contributed by atoms with Gasteiger partial charge < -0.3 is 5.73 Å². The van der Waals surface area contributed by atoms with E-state index in [9.17, 15) is 30.7 Å². The topological polar surface area (TPSA) is 53.7 Å². The molecule has 0 aromatic heterocycles. The predicted molar refractivity (Wildman–Crippen MR) is 96.0 cm³/mol. The van der Waals surface area contributed by atoms with Gasteiger partial charge in [-0.2, -0.15) is 17.6 Å². The average molecular weight is 509 g/mol. The Hall–Kier alpha value is -0.860. The quantitative estimate of drug-likeness (QED) is 0.425. The third-order valence-electron chi connectivity index (χ3n) is 6.28. The van der Waals surface area contributed by atoms with Crippen LogP contribution >= 0.6 is 0 Å². The standard InChI is InChI=1S/C19H29F10NO3/c1-10(2,3)14(20,21)15(22,23)12(7,8)13(9,30)16(24)17(11(4,5)6,32-18(25,26)27)33-19(28,29)31-16/h30H2,1-9H3. The van der Waals surface area contributed by atoms with Gasteiger partial charge in [-0.05, 0) is 6.92 Å². The van der Waals surface area contributed by atoms with Crippen LogP contribution in [0.25, 0.3) is 0 Å². The van der Waals surface area contributed by atoms with Gasteiger partial charge in [-0.15, -0.1) is 22.0 Å². The molecule has 4 nitrogen and oxygen atoms in total. The maximum absolute atomic E-state index is 16.5. The monoisotopic (exact) mass is 509 g/mol. The van der Waals surface area contributed by atoms with Crippen LogP contribution in [0.1, 0.15) is 62.3 Å². The van der Waals surface area contributed by atoms with Crippen molar-refractivity contribution in [1.82, 2.24) is 0 Å². The molecule has 14 heteroatoms. The summed E-state index contributed by atoms with van der Waals surface area (Å²) >= 11 is 0. The van der Waals surface area contributed by atoms with Crippen molar-refractivity contribution in [2.24, 2.45) is 22.0 Å². The van der Waals surface area contributed by atoms with E-state index in [0.29, 0.717) is 13.8 Å². The van der Waals surface area contributed by atoms with E-state index in [0.717, 1.165) is 41.5 Å². The van der Waals surface area contributed by atoms with E-state index < -0.39 is 57.9 Å². The van der Waals surface area contributed by atoms with Crippen LogP contribution in [-0.2, 0) is 14.2 Å². The van der Waals surface area contributed by atoms with Crippen LogP contribution in [0.15, 0.2) is 0 Å². The van der Waals surface area contributed by atoms with E-state index in [-0.39, 0.29) is 6.92 Å². The van der Waals surface area contributed by atoms with Crippen molar-refractivity contribution in [1.29, 1.82) is 0 Å². The van der Waals surface area contributed by atoms with E-state index in [2.05, 4.69) is 14.2 Å². The normalized spacial score (nSPS) is 29.8. The van der Waals surface area contributed by atoms with Crippen LogP contribution < -0.4 is 5.73 Å². The second-order valence-corrected chi connectivity index (χ2v) is 10.9. The van der Waals surface area contributed by atoms with Crippen molar-refractivity contribution >= 4 is 0 Å². The van der Waals surface area contributed by atoms with Gasteiger partial charge in [-0.3, -0.25) is 14.2 Å². The molecule has 0 spiro atoms. The summed E-state index contributed by atoms with van der Waals surface area (Å²) in [4.78, 5) is 0. The van der Waals surface area contributed by atoms with Gasteiger partial charge in [-0.1, -0.05) is 55.4 Å². The van der Waals surface area contributed by atoms with E-state index in [1.54, 1.807) is 0 Å². The number of alkyl halides is 10. The molecule has 3 atom stereocenters. The Morgan fingerprint density at radius 1 is 0.667 bits per heavy atom. The fourth-order valence-electron chi connectivity index (χ4n) is 3.56. The number of hydrogen-bond acceptors (Lipinski definition) is 4. The molecule has 2 N–H and O–H groups in total. The molecule has 0 amide bonds. The van der Waals surface area contributed by atoms with Crippen LogP contribution in [0, 0.1) is 16.2 Å². The summed E-state index contributed by atoms with van der Waals surface area (Å²) in [6, 6.07) is 0. The van der Waals surface area contributed by atoms with Crippen LogP contribution in [-0.4, -0.2) is 41.7 Å². The molecule has 1 fully saturated rings. The van der Waals surface area contributed by atoms with E-state index in [4.69, 9.17) is 5.73 Å². The van der Waals surface area contributed by atoms with Crippen molar-refractivity contribution in [3.63, 3.8) is 0 Å². The zero-order valence-corrected chi connectivity index (χ0v) is 19.6. The number of halogens is 10. The maximum atomic E-state index is 16.5. The molecule has 0 saturated carbocycles. The molecule has 0 aromatic rings. The summed E-state index contributed by atoms with van der Waals surface area (Å²) < 4.78 is 156. The van der Waals surface area contributed by atoms with Crippen molar-refractivity contribution in [3.8, 4) is 0 Å².